The highest BCUT2D eigenvalue weighted by Crippen LogP contribution is 2.21. The third-order valence-electron chi connectivity index (χ3n) is 4.45. The summed E-state index contributed by atoms with van der Waals surface area (Å²) in [6, 6.07) is 13.2. The Morgan fingerprint density at radius 1 is 0.867 bits per heavy atom. The van der Waals surface area contributed by atoms with E-state index >= 15 is 0 Å². The zero-order valence-corrected chi connectivity index (χ0v) is 17.6. The van der Waals surface area contributed by atoms with Gasteiger partial charge in [-0.15, -0.1) is 0 Å². The van der Waals surface area contributed by atoms with Gasteiger partial charge in [-0.25, -0.2) is 13.1 Å². The summed E-state index contributed by atoms with van der Waals surface area (Å²) in [6.07, 6.45) is 0.215. The summed E-state index contributed by atoms with van der Waals surface area (Å²) in [5, 5.41) is 21.2. The van der Waals surface area contributed by atoms with Crippen LogP contribution in [0.5, 0.6) is 0 Å². The molecule has 8 nitrogen and oxygen atoms in total. The van der Waals surface area contributed by atoms with Crippen LogP contribution in [0, 0.1) is 5.92 Å². The molecule has 4 N–H and O–H groups in total. The summed E-state index contributed by atoms with van der Waals surface area (Å²) in [6.45, 7) is 3.14. The van der Waals surface area contributed by atoms with Crippen molar-refractivity contribution < 1.29 is 28.2 Å². The first-order valence-corrected chi connectivity index (χ1v) is 10.9. The Labute approximate surface area is 176 Å². The van der Waals surface area contributed by atoms with Crippen LogP contribution in [-0.2, 0) is 19.6 Å². The molecule has 0 aliphatic heterocycles. The third-order valence-corrected chi connectivity index (χ3v) is 5.89. The molecule has 0 amide bonds. The number of sulfonamides is 1. The van der Waals surface area contributed by atoms with Crippen molar-refractivity contribution in [3.05, 3.63) is 54.6 Å². The molecule has 0 radical (unpaired) electrons. The van der Waals surface area contributed by atoms with Crippen LogP contribution >= 0.6 is 0 Å². The van der Waals surface area contributed by atoms with E-state index in [9.17, 15) is 28.2 Å². The quantitative estimate of drug-likeness (QED) is 0.426. The van der Waals surface area contributed by atoms with E-state index in [1.807, 2.05) is 44.2 Å². The number of nitrogens with one attached hydrogen (secondary N) is 2. The fraction of sp³-hybridized carbons (Fsp3) is 0.333. The maximum atomic E-state index is 12.6. The average molecular weight is 435 g/mol. The van der Waals surface area contributed by atoms with E-state index in [2.05, 4.69) is 10.0 Å². The SMILES string of the molecule is CC(C)C[C@H](N[C@@H](CNS(=O)(=O)c1ccc(-c2ccccc2)cc1)C(=O)O)C(=O)O. The number of rotatable bonds is 11. The van der Waals surface area contributed by atoms with E-state index in [0.29, 0.717) is 0 Å². The Hall–Kier alpha value is -2.75. The number of carboxylic acid groups (broad SMARTS) is 2. The number of carbonyl (C=O) groups is 2. The minimum Gasteiger partial charge on any atom is -0.480 e. The first kappa shape index (κ1) is 23.5. The van der Waals surface area contributed by atoms with Crippen LogP contribution in [0.2, 0.25) is 0 Å². The van der Waals surface area contributed by atoms with Gasteiger partial charge in [0.15, 0.2) is 0 Å². The molecule has 9 heteroatoms. The molecule has 2 atom stereocenters. The second-order valence-corrected chi connectivity index (χ2v) is 9.09. The highest BCUT2D eigenvalue weighted by Gasteiger charge is 2.28. The highest BCUT2D eigenvalue weighted by molar-refractivity contribution is 7.89. The second kappa shape index (κ2) is 10.3. The monoisotopic (exact) mass is 434 g/mol. The molecule has 0 aliphatic rings. The topological polar surface area (TPSA) is 133 Å². The molecule has 30 heavy (non-hydrogen) atoms. The van der Waals surface area contributed by atoms with Crippen LogP contribution < -0.4 is 10.0 Å². The van der Waals surface area contributed by atoms with Gasteiger partial charge in [0.25, 0.3) is 0 Å². The van der Waals surface area contributed by atoms with Gasteiger partial charge in [-0.1, -0.05) is 56.3 Å². The summed E-state index contributed by atoms with van der Waals surface area (Å²) in [5.41, 5.74) is 1.78. The van der Waals surface area contributed by atoms with Gasteiger partial charge in [-0.3, -0.25) is 14.9 Å². The lowest BCUT2D eigenvalue weighted by Gasteiger charge is -2.22. The summed E-state index contributed by atoms with van der Waals surface area (Å²) in [4.78, 5) is 22.9. The Kier molecular flexibility index (Phi) is 8.10. The molecule has 0 bridgehead atoms. The first-order valence-electron chi connectivity index (χ1n) is 9.47. The van der Waals surface area contributed by atoms with E-state index in [4.69, 9.17) is 0 Å². The number of hydrogen-bond donors (Lipinski definition) is 4. The van der Waals surface area contributed by atoms with Gasteiger partial charge < -0.3 is 10.2 Å². The van der Waals surface area contributed by atoms with E-state index in [0.717, 1.165) is 11.1 Å². The number of benzene rings is 2. The van der Waals surface area contributed by atoms with Crippen LogP contribution in [0.3, 0.4) is 0 Å². The van der Waals surface area contributed by atoms with Crippen LogP contribution in [0.4, 0.5) is 0 Å². The van der Waals surface area contributed by atoms with Crippen molar-refractivity contribution in [2.75, 3.05) is 6.54 Å². The van der Waals surface area contributed by atoms with Gasteiger partial charge in [0.05, 0.1) is 4.90 Å². The number of aliphatic carboxylic acids is 2. The molecule has 2 aromatic carbocycles. The molecule has 0 aliphatic carbocycles. The van der Waals surface area contributed by atoms with Crippen molar-refractivity contribution in [3.63, 3.8) is 0 Å². The predicted molar refractivity (Wildman–Crippen MR) is 113 cm³/mol. The molecular weight excluding hydrogens is 408 g/mol. The van der Waals surface area contributed by atoms with Crippen molar-refractivity contribution in [3.8, 4) is 11.1 Å². The Morgan fingerprint density at radius 2 is 1.40 bits per heavy atom. The van der Waals surface area contributed by atoms with Crippen LogP contribution in [0.25, 0.3) is 11.1 Å². The van der Waals surface area contributed by atoms with Gasteiger partial charge in [-0.05, 0) is 35.6 Å². The summed E-state index contributed by atoms with van der Waals surface area (Å²) in [7, 11) is -3.97. The van der Waals surface area contributed by atoms with Gasteiger partial charge in [0.2, 0.25) is 10.0 Å². The molecular formula is C21H26N2O6S. The molecule has 0 saturated carbocycles. The standard InChI is InChI=1S/C21H26N2O6S/c1-14(2)12-18(20(24)25)23-19(21(26)27)13-22-30(28,29)17-10-8-16(9-11-17)15-6-4-3-5-7-15/h3-11,14,18-19,22-23H,12-13H2,1-2H3,(H,24,25)(H,26,27)/t18-,19-/m0/s1. The lowest BCUT2D eigenvalue weighted by atomic mass is 10.0. The normalized spacial score (nSPS) is 13.7. The summed E-state index contributed by atoms with van der Waals surface area (Å²) in [5.74, 6) is -2.51. The zero-order valence-electron chi connectivity index (χ0n) is 16.8. The Morgan fingerprint density at radius 3 is 1.90 bits per heavy atom. The van der Waals surface area contributed by atoms with Crippen LogP contribution in [-0.4, -0.2) is 49.2 Å². The minimum atomic E-state index is -3.97. The van der Waals surface area contributed by atoms with Crippen LogP contribution in [0.15, 0.2) is 59.5 Å². The second-order valence-electron chi connectivity index (χ2n) is 7.32. The van der Waals surface area contributed by atoms with Crippen molar-refractivity contribution in [1.29, 1.82) is 0 Å². The maximum absolute atomic E-state index is 12.6. The fourth-order valence-electron chi connectivity index (χ4n) is 2.91. The molecule has 0 heterocycles. The van der Waals surface area contributed by atoms with Gasteiger partial charge in [0.1, 0.15) is 12.1 Å². The van der Waals surface area contributed by atoms with E-state index in [1.54, 1.807) is 12.1 Å². The molecule has 2 aromatic rings. The molecule has 0 aromatic heterocycles. The van der Waals surface area contributed by atoms with Gasteiger partial charge >= 0.3 is 11.9 Å². The lowest BCUT2D eigenvalue weighted by molar-refractivity contribution is -0.142. The largest absolute Gasteiger partial charge is 0.480 e. The molecule has 2 rings (SSSR count). The summed E-state index contributed by atoms with van der Waals surface area (Å²) < 4.78 is 27.4. The van der Waals surface area contributed by atoms with Crippen LogP contribution in [0.1, 0.15) is 20.3 Å². The van der Waals surface area contributed by atoms with Gasteiger partial charge in [-0.2, -0.15) is 0 Å². The molecule has 162 valence electrons. The van der Waals surface area contributed by atoms with Crippen molar-refractivity contribution in [2.45, 2.75) is 37.2 Å². The van der Waals surface area contributed by atoms with Crippen molar-refractivity contribution >= 4 is 22.0 Å². The molecule has 0 spiro atoms. The minimum absolute atomic E-state index is 0.0108. The third kappa shape index (κ3) is 6.65. The van der Waals surface area contributed by atoms with Gasteiger partial charge in [0, 0.05) is 6.54 Å². The summed E-state index contributed by atoms with van der Waals surface area (Å²) >= 11 is 0. The Bertz CT molecular complexity index is 959. The zero-order chi connectivity index (χ0) is 22.3. The average Bonchev–Trinajstić information content (AvgIpc) is 2.70. The highest BCUT2D eigenvalue weighted by atomic mass is 32.2. The van der Waals surface area contributed by atoms with E-state index in [1.165, 1.54) is 12.1 Å². The first-order chi connectivity index (χ1) is 14.1. The molecule has 0 fully saturated rings. The van der Waals surface area contributed by atoms with E-state index < -0.39 is 40.6 Å². The van der Waals surface area contributed by atoms with Crippen molar-refractivity contribution in [2.24, 2.45) is 5.92 Å². The smallest absolute Gasteiger partial charge is 0.322 e. The maximum Gasteiger partial charge on any atom is 0.322 e. The number of hydrogen-bond acceptors (Lipinski definition) is 5. The Balaban J connectivity index is 2.09. The predicted octanol–water partition coefficient (Wildman–Crippen LogP) is 2.17. The molecule has 0 saturated heterocycles. The molecule has 0 unspecified atom stereocenters. The number of carboxylic acids is 2. The van der Waals surface area contributed by atoms with E-state index in [-0.39, 0.29) is 17.2 Å². The van der Waals surface area contributed by atoms with Crippen molar-refractivity contribution in [1.82, 2.24) is 10.0 Å². The fourth-order valence-corrected chi connectivity index (χ4v) is 3.95. The lowest BCUT2D eigenvalue weighted by Crippen LogP contribution is -2.52.